The van der Waals surface area contributed by atoms with Crippen LogP contribution in [0.1, 0.15) is 18.9 Å². The molecule has 0 heterocycles. The van der Waals surface area contributed by atoms with Crippen molar-refractivity contribution in [3.8, 4) is 6.07 Å². The van der Waals surface area contributed by atoms with E-state index in [4.69, 9.17) is 5.26 Å². The van der Waals surface area contributed by atoms with Crippen LogP contribution in [-0.4, -0.2) is 6.04 Å². The minimum Gasteiger partial charge on any atom is -0.381 e. The fourth-order valence-corrected chi connectivity index (χ4v) is 1.48. The summed E-state index contributed by atoms with van der Waals surface area (Å²) in [6.45, 7) is 2.13. The molecular formula is C11H11FN2. The molecule has 72 valence electrons. The van der Waals surface area contributed by atoms with Gasteiger partial charge in [-0.2, -0.15) is 5.26 Å². The molecule has 2 unspecified atom stereocenters. The molecule has 0 saturated heterocycles. The van der Waals surface area contributed by atoms with Crippen molar-refractivity contribution in [1.82, 2.24) is 0 Å². The first-order valence-electron chi connectivity index (χ1n) is 4.67. The number of nitriles is 1. The molecule has 0 amide bonds. The Kier molecular flexibility index (Phi) is 2.12. The van der Waals surface area contributed by atoms with Crippen molar-refractivity contribution < 1.29 is 4.39 Å². The van der Waals surface area contributed by atoms with Gasteiger partial charge >= 0.3 is 0 Å². The minimum atomic E-state index is -0.453. The maximum Gasteiger partial charge on any atom is 0.143 e. The summed E-state index contributed by atoms with van der Waals surface area (Å²) in [7, 11) is 0. The third-order valence-electron chi connectivity index (χ3n) is 2.58. The second-order valence-electron chi connectivity index (χ2n) is 3.74. The number of hydrogen-bond acceptors (Lipinski definition) is 2. The van der Waals surface area contributed by atoms with Gasteiger partial charge < -0.3 is 5.32 Å². The molecule has 14 heavy (non-hydrogen) atoms. The number of nitrogens with one attached hydrogen (secondary N) is 1. The monoisotopic (exact) mass is 190 g/mol. The highest BCUT2D eigenvalue weighted by molar-refractivity contribution is 5.59. The lowest BCUT2D eigenvalue weighted by atomic mass is 10.2. The lowest BCUT2D eigenvalue weighted by Crippen LogP contribution is -2.05. The van der Waals surface area contributed by atoms with Gasteiger partial charge in [-0.15, -0.1) is 0 Å². The van der Waals surface area contributed by atoms with Crippen molar-refractivity contribution in [1.29, 1.82) is 5.26 Å². The van der Waals surface area contributed by atoms with E-state index in [9.17, 15) is 4.39 Å². The zero-order chi connectivity index (χ0) is 10.1. The number of rotatable bonds is 2. The predicted octanol–water partition coefficient (Wildman–Crippen LogP) is 2.52. The molecule has 1 aromatic rings. The third-order valence-corrected chi connectivity index (χ3v) is 2.58. The molecule has 1 aliphatic carbocycles. The summed E-state index contributed by atoms with van der Waals surface area (Å²) in [5.41, 5.74) is 0.730. The number of hydrogen-bond donors (Lipinski definition) is 1. The summed E-state index contributed by atoms with van der Waals surface area (Å²) in [6.07, 6.45) is 1.10. The van der Waals surface area contributed by atoms with Gasteiger partial charge in [0, 0.05) is 6.04 Å². The highest BCUT2D eigenvalue weighted by atomic mass is 19.1. The van der Waals surface area contributed by atoms with Gasteiger partial charge in [0.05, 0.1) is 5.69 Å². The lowest BCUT2D eigenvalue weighted by molar-refractivity contribution is 0.624. The minimum absolute atomic E-state index is 0.117. The van der Waals surface area contributed by atoms with Crippen molar-refractivity contribution in [2.75, 3.05) is 5.32 Å². The zero-order valence-electron chi connectivity index (χ0n) is 7.92. The van der Waals surface area contributed by atoms with E-state index < -0.39 is 5.82 Å². The van der Waals surface area contributed by atoms with Crippen molar-refractivity contribution in [2.24, 2.45) is 5.92 Å². The van der Waals surface area contributed by atoms with Crippen molar-refractivity contribution in [3.63, 3.8) is 0 Å². The largest absolute Gasteiger partial charge is 0.381 e. The Hall–Kier alpha value is -1.56. The molecule has 1 N–H and O–H groups in total. The Bertz CT molecular complexity index is 395. The van der Waals surface area contributed by atoms with Crippen LogP contribution in [-0.2, 0) is 0 Å². The van der Waals surface area contributed by atoms with Crippen molar-refractivity contribution in [2.45, 2.75) is 19.4 Å². The van der Waals surface area contributed by atoms with E-state index in [0.717, 1.165) is 6.42 Å². The Morgan fingerprint density at radius 1 is 1.57 bits per heavy atom. The van der Waals surface area contributed by atoms with Crippen LogP contribution in [0.3, 0.4) is 0 Å². The van der Waals surface area contributed by atoms with Gasteiger partial charge in [0.1, 0.15) is 17.4 Å². The average molecular weight is 190 g/mol. The first-order valence-corrected chi connectivity index (χ1v) is 4.67. The molecule has 0 aliphatic heterocycles. The van der Waals surface area contributed by atoms with Crippen LogP contribution in [0.15, 0.2) is 18.2 Å². The van der Waals surface area contributed by atoms with Gasteiger partial charge in [0.15, 0.2) is 0 Å². The van der Waals surface area contributed by atoms with E-state index in [-0.39, 0.29) is 5.56 Å². The Morgan fingerprint density at radius 2 is 2.29 bits per heavy atom. The number of benzene rings is 1. The summed E-state index contributed by atoms with van der Waals surface area (Å²) in [4.78, 5) is 0. The quantitative estimate of drug-likeness (QED) is 0.777. The number of nitrogens with zero attached hydrogens (tertiary/aromatic N) is 1. The van der Waals surface area contributed by atoms with E-state index >= 15 is 0 Å². The SMILES string of the molecule is CC1CC1Nc1cccc(F)c1C#N. The lowest BCUT2D eigenvalue weighted by Gasteiger charge is -2.07. The van der Waals surface area contributed by atoms with Gasteiger partial charge in [-0.25, -0.2) is 4.39 Å². The summed E-state index contributed by atoms with van der Waals surface area (Å²) < 4.78 is 13.2. The van der Waals surface area contributed by atoms with E-state index in [1.165, 1.54) is 6.07 Å². The molecule has 1 aromatic carbocycles. The predicted molar refractivity (Wildman–Crippen MR) is 52.3 cm³/mol. The molecule has 0 aromatic heterocycles. The first kappa shape index (κ1) is 9.01. The fraction of sp³-hybridized carbons (Fsp3) is 0.364. The molecule has 0 spiro atoms. The van der Waals surface area contributed by atoms with Gasteiger partial charge in [-0.3, -0.25) is 0 Å². The third kappa shape index (κ3) is 1.56. The first-order chi connectivity index (χ1) is 6.72. The van der Waals surface area contributed by atoms with Crippen LogP contribution in [0.5, 0.6) is 0 Å². The van der Waals surface area contributed by atoms with Crippen LogP contribution in [0.2, 0.25) is 0 Å². The molecule has 2 atom stereocenters. The topological polar surface area (TPSA) is 35.8 Å². The van der Waals surface area contributed by atoms with Crippen LogP contribution in [0.4, 0.5) is 10.1 Å². The number of halogens is 1. The summed E-state index contributed by atoms with van der Waals surface area (Å²) in [6, 6.07) is 6.95. The Labute approximate surface area is 82.4 Å². The molecule has 2 rings (SSSR count). The van der Waals surface area contributed by atoms with E-state index in [0.29, 0.717) is 17.6 Å². The molecule has 3 heteroatoms. The smallest absolute Gasteiger partial charge is 0.143 e. The van der Waals surface area contributed by atoms with Crippen LogP contribution in [0.25, 0.3) is 0 Å². The van der Waals surface area contributed by atoms with Gasteiger partial charge in [-0.1, -0.05) is 13.0 Å². The van der Waals surface area contributed by atoms with Crippen molar-refractivity contribution in [3.05, 3.63) is 29.6 Å². The standard InChI is InChI=1S/C11H11FN2/c1-7-5-11(7)14-10-4-2-3-9(12)8(10)6-13/h2-4,7,11,14H,5H2,1H3. The zero-order valence-corrected chi connectivity index (χ0v) is 7.92. The second-order valence-corrected chi connectivity index (χ2v) is 3.74. The second kappa shape index (κ2) is 3.30. The summed E-state index contributed by atoms with van der Waals surface area (Å²) in [5.74, 6) is 0.176. The highest BCUT2D eigenvalue weighted by Gasteiger charge is 2.32. The summed E-state index contributed by atoms with van der Waals surface area (Å²) in [5, 5.41) is 11.9. The van der Waals surface area contributed by atoms with Crippen molar-refractivity contribution >= 4 is 5.69 Å². The van der Waals surface area contributed by atoms with Crippen LogP contribution in [0, 0.1) is 23.1 Å². The van der Waals surface area contributed by atoms with E-state index in [1.807, 2.05) is 6.07 Å². The van der Waals surface area contributed by atoms with Gasteiger partial charge in [-0.05, 0) is 24.5 Å². The molecule has 0 radical (unpaired) electrons. The Morgan fingerprint density at radius 3 is 2.86 bits per heavy atom. The molecule has 1 aliphatic rings. The molecule has 2 nitrogen and oxygen atoms in total. The van der Waals surface area contributed by atoms with Crippen LogP contribution < -0.4 is 5.32 Å². The molecule has 0 bridgehead atoms. The van der Waals surface area contributed by atoms with Gasteiger partial charge in [0.25, 0.3) is 0 Å². The average Bonchev–Trinajstić information content (AvgIpc) is 2.82. The molecule has 1 fully saturated rings. The number of anilines is 1. The summed E-state index contributed by atoms with van der Waals surface area (Å²) >= 11 is 0. The maximum atomic E-state index is 13.2. The molecule has 1 saturated carbocycles. The van der Waals surface area contributed by atoms with Gasteiger partial charge in [0.2, 0.25) is 0 Å². The molecular weight excluding hydrogens is 179 g/mol. The normalized spacial score (nSPS) is 24.1. The Balaban J connectivity index is 2.24. The van der Waals surface area contributed by atoms with E-state index in [2.05, 4.69) is 12.2 Å². The maximum absolute atomic E-state index is 13.2. The van der Waals surface area contributed by atoms with E-state index in [1.54, 1.807) is 12.1 Å². The fourth-order valence-electron chi connectivity index (χ4n) is 1.48. The highest BCUT2D eigenvalue weighted by Crippen LogP contribution is 2.33. The van der Waals surface area contributed by atoms with Crippen LogP contribution >= 0.6 is 0 Å².